The quantitative estimate of drug-likeness (QED) is 0.631. The highest BCUT2D eigenvalue weighted by atomic mass is 35.5. The number of halogens is 4. The lowest BCUT2D eigenvalue weighted by Crippen LogP contribution is -2.32. The van der Waals surface area contributed by atoms with Crippen molar-refractivity contribution in [1.29, 1.82) is 0 Å². The number of carbonyl (C=O) groups is 1. The summed E-state index contributed by atoms with van der Waals surface area (Å²) in [6.07, 6.45) is -4.64. The number of aromatic nitrogens is 1. The van der Waals surface area contributed by atoms with E-state index in [-0.39, 0.29) is 10.7 Å². The maximum absolute atomic E-state index is 13.1. The fourth-order valence-electron chi connectivity index (χ4n) is 2.55. The molecule has 0 saturated heterocycles. The van der Waals surface area contributed by atoms with Crippen LogP contribution in [0.4, 0.5) is 24.5 Å². The first-order valence-electron chi connectivity index (χ1n) is 7.95. The Morgan fingerprint density at radius 1 is 1.22 bits per heavy atom. The lowest BCUT2D eigenvalue weighted by Gasteiger charge is -2.18. The number of amides is 1. The Morgan fingerprint density at radius 3 is 2.67 bits per heavy atom. The van der Waals surface area contributed by atoms with Crippen molar-refractivity contribution in [1.82, 2.24) is 4.98 Å². The molecule has 1 heterocycles. The summed E-state index contributed by atoms with van der Waals surface area (Å²) in [7, 11) is 0. The van der Waals surface area contributed by atoms with Gasteiger partial charge < -0.3 is 15.1 Å². The molecule has 0 bridgehead atoms. The van der Waals surface area contributed by atoms with Gasteiger partial charge in [0.25, 0.3) is 0 Å². The number of alkyl halides is 3. The van der Waals surface area contributed by atoms with E-state index in [0.29, 0.717) is 22.7 Å². The van der Waals surface area contributed by atoms with E-state index in [4.69, 9.17) is 16.0 Å². The van der Waals surface area contributed by atoms with Crippen LogP contribution in [-0.4, -0.2) is 16.9 Å². The lowest BCUT2D eigenvalue weighted by atomic mass is 10.1. The van der Waals surface area contributed by atoms with Crippen LogP contribution in [0.5, 0.6) is 0 Å². The van der Waals surface area contributed by atoms with E-state index in [1.54, 1.807) is 25.1 Å². The summed E-state index contributed by atoms with van der Waals surface area (Å²) in [5.74, 6) is -0.116. The van der Waals surface area contributed by atoms with Crippen LogP contribution < -0.4 is 10.6 Å². The van der Waals surface area contributed by atoms with Crippen LogP contribution in [0, 0.1) is 6.92 Å². The van der Waals surface area contributed by atoms with E-state index in [2.05, 4.69) is 15.6 Å². The van der Waals surface area contributed by atoms with Crippen molar-refractivity contribution < 1.29 is 22.4 Å². The van der Waals surface area contributed by atoms with E-state index in [1.165, 1.54) is 13.0 Å². The molecule has 0 radical (unpaired) electrons. The first-order valence-corrected chi connectivity index (χ1v) is 8.32. The Morgan fingerprint density at radius 2 is 1.96 bits per heavy atom. The predicted octanol–water partition coefficient (Wildman–Crippen LogP) is 5.25. The summed E-state index contributed by atoms with van der Waals surface area (Å²) in [5.41, 5.74) is 0.446. The van der Waals surface area contributed by atoms with E-state index >= 15 is 0 Å². The molecule has 0 saturated carbocycles. The third kappa shape index (κ3) is 4.33. The van der Waals surface area contributed by atoms with Gasteiger partial charge in [0, 0.05) is 17.6 Å². The Kier molecular flexibility index (Phi) is 5.01. The highest BCUT2D eigenvalue weighted by Crippen LogP contribution is 2.36. The van der Waals surface area contributed by atoms with Gasteiger partial charge >= 0.3 is 6.18 Å². The molecule has 1 atom stereocenters. The average Bonchev–Trinajstić information content (AvgIpc) is 2.94. The fourth-order valence-corrected chi connectivity index (χ4v) is 2.72. The standard InChI is InChI=1S/C18H15ClF3N3O2/c1-9(23-12-4-6-16-15(8-12)24-10(2)27-16)17(26)25-14-5-3-11(19)7-13(14)18(20,21)22/h3-9,23H,1-2H3,(H,25,26)/t9-/m1/s1. The molecule has 0 unspecified atom stereocenters. The topological polar surface area (TPSA) is 67.2 Å². The van der Waals surface area contributed by atoms with Crippen molar-refractivity contribution in [3.63, 3.8) is 0 Å². The molecule has 3 rings (SSSR count). The molecular weight excluding hydrogens is 383 g/mol. The number of nitrogens with one attached hydrogen (secondary N) is 2. The number of anilines is 2. The maximum Gasteiger partial charge on any atom is 0.418 e. The second-order valence-electron chi connectivity index (χ2n) is 5.96. The predicted molar refractivity (Wildman–Crippen MR) is 96.9 cm³/mol. The molecular formula is C18H15ClF3N3O2. The molecule has 27 heavy (non-hydrogen) atoms. The van der Waals surface area contributed by atoms with E-state index in [1.807, 2.05) is 0 Å². The van der Waals surface area contributed by atoms with Gasteiger partial charge in [0.2, 0.25) is 5.91 Å². The Labute approximate surface area is 157 Å². The van der Waals surface area contributed by atoms with Crippen LogP contribution in [0.15, 0.2) is 40.8 Å². The molecule has 0 spiro atoms. The molecule has 0 fully saturated rings. The summed E-state index contributed by atoms with van der Waals surface area (Å²) in [6, 6.07) is 7.47. The van der Waals surface area contributed by atoms with Gasteiger partial charge in [0.15, 0.2) is 11.5 Å². The first kappa shape index (κ1) is 19.0. The van der Waals surface area contributed by atoms with Gasteiger partial charge in [-0.05, 0) is 43.3 Å². The van der Waals surface area contributed by atoms with Crippen LogP contribution in [0.1, 0.15) is 18.4 Å². The molecule has 1 amide bonds. The molecule has 0 aliphatic heterocycles. The number of fused-ring (bicyclic) bond motifs is 1. The number of nitrogens with zero attached hydrogens (tertiary/aromatic N) is 1. The summed E-state index contributed by atoms with van der Waals surface area (Å²) in [4.78, 5) is 16.5. The molecule has 0 aliphatic carbocycles. The zero-order chi connectivity index (χ0) is 19.8. The van der Waals surface area contributed by atoms with Crippen molar-refractivity contribution in [2.45, 2.75) is 26.1 Å². The van der Waals surface area contributed by atoms with Gasteiger partial charge in [0.05, 0.1) is 11.3 Å². The van der Waals surface area contributed by atoms with Crippen LogP contribution in [0.3, 0.4) is 0 Å². The number of benzene rings is 2. The minimum Gasteiger partial charge on any atom is -0.441 e. The smallest absolute Gasteiger partial charge is 0.418 e. The molecule has 2 N–H and O–H groups in total. The SMILES string of the molecule is Cc1nc2cc(N[C@H](C)C(=O)Nc3ccc(Cl)cc3C(F)(F)F)ccc2o1. The van der Waals surface area contributed by atoms with E-state index in [9.17, 15) is 18.0 Å². The number of carbonyl (C=O) groups excluding carboxylic acids is 1. The van der Waals surface area contributed by atoms with Gasteiger partial charge in [-0.25, -0.2) is 4.98 Å². The van der Waals surface area contributed by atoms with Gasteiger partial charge in [-0.1, -0.05) is 11.6 Å². The molecule has 9 heteroatoms. The van der Waals surface area contributed by atoms with Gasteiger partial charge in [-0.15, -0.1) is 0 Å². The van der Waals surface area contributed by atoms with Gasteiger partial charge in [-0.2, -0.15) is 13.2 Å². The third-order valence-electron chi connectivity index (χ3n) is 3.82. The molecule has 0 aliphatic rings. The minimum atomic E-state index is -4.64. The Bertz CT molecular complexity index is 1000. The summed E-state index contributed by atoms with van der Waals surface area (Å²) in [6.45, 7) is 3.25. The minimum absolute atomic E-state index is 0.0669. The largest absolute Gasteiger partial charge is 0.441 e. The van der Waals surface area contributed by atoms with Crippen LogP contribution in [0.25, 0.3) is 11.1 Å². The van der Waals surface area contributed by atoms with Crippen LogP contribution in [-0.2, 0) is 11.0 Å². The highest BCUT2D eigenvalue weighted by Gasteiger charge is 2.34. The number of hydrogen-bond acceptors (Lipinski definition) is 4. The van der Waals surface area contributed by atoms with Gasteiger partial charge in [0.1, 0.15) is 11.6 Å². The average molecular weight is 398 g/mol. The van der Waals surface area contributed by atoms with Crippen LogP contribution >= 0.6 is 11.6 Å². The molecule has 5 nitrogen and oxygen atoms in total. The first-order chi connectivity index (χ1) is 12.6. The van der Waals surface area contributed by atoms with Crippen LogP contribution in [0.2, 0.25) is 5.02 Å². The highest BCUT2D eigenvalue weighted by molar-refractivity contribution is 6.30. The summed E-state index contributed by atoms with van der Waals surface area (Å²) < 4.78 is 44.8. The monoisotopic (exact) mass is 397 g/mol. The van der Waals surface area contributed by atoms with Crippen molar-refractivity contribution in [3.05, 3.63) is 52.9 Å². The molecule has 2 aromatic carbocycles. The lowest BCUT2D eigenvalue weighted by molar-refractivity contribution is -0.137. The summed E-state index contributed by atoms with van der Waals surface area (Å²) >= 11 is 5.64. The molecule has 1 aromatic heterocycles. The molecule has 3 aromatic rings. The third-order valence-corrected chi connectivity index (χ3v) is 4.05. The summed E-state index contributed by atoms with van der Waals surface area (Å²) in [5, 5.41) is 5.16. The van der Waals surface area contributed by atoms with Crippen molar-refractivity contribution in [2.24, 2.45) is 0 Å². The second-order valence-corrected chi connectivity index (χ2v) is 6.39. The normalized spacial score (nSPS) is 12.8. The van der Waals surface area contributed by atoms with E-state index < -0.39 is 23.7 Å². The van der Waals surface area contributed by atoms with Crippen molar-refractivity contribution >= 4 is 40.0 Å². The zero-order valence-electron chi connectivity index (χ0n) is 14.3. The number of oxazole rings is 1. The van der Waals surface area contributed by atoms with Crippen molar-refractivity contribution in [2.75, 3.05) is 10.6 Å². The second kappa shape index (κ2) is 7.11. The number of hydrogen-bond donors (Lipinski definition) is 2. The van der Waals surface area contributed by atoms with Gasteiger partial charge in [-0.3, -0.25) is 4.79 Å². The maximum atomic E-state index is 13.1. The Hall–Kier alpha value is -2.74. The van der Waals surface area contributed by atoms with Crippen molar-refractivity contribution in [3.8, 4) is 0 Å². The number of rotatable bonds is 4. The Balaban J connectivity index is 1.75. The fraction of sp³-hybridized carbons (Fsp3) is 0.222. The zero-order valence-corrected chi connectivity index (χ0v) is 15.1. The number of aryl methyl sites for hydroxylation is 1. The molecule has 142 valence electrons. The van der Waals surface area contributed by atoms with E-state index in [0.717, 1.165) is 12.1 Å².